The predicted octanol–water partition coefficient (Wildman–Crippen LogP) is 11.4. The molecule has 190 valence electrons. The number of ether oxygens (including phenoxy) is 1. The maximum atomic E-state index is 9.30. The Kier molecular flexibility index (Phi) is 3.92. The second kappa shape index (κ2) is 8.55. The van der Waals surface area contributed by atoms with E-state index in [-0.39, 0.29) is 24.2 Å². The zero-order chi connectivity index (χ0) is 30.4. The largest absolute Gasteiger partial charge is 0.456 e. The molecule has 0 radical (unpaired) electrons. The molecule has 0 saturated carbocycles. The molecular formula is C40H24O. The van der Waals surface area contributed by atoms with Gasteiger partial charge < -0.3 is 4.74 Å². The van der Waals surface area contributed by atoms with E-state index >= 15 is 0 Å². The van der Waals surface area contributed by atoms with E-state index in [1.807, 2.05) is 54.6 Å². The summed E-state index contributed by atoms with van der Waals surface area (Å²) in [6, 6.07) is 40.3. The van der Waals surface area contributed by atoms with Gasteiger partial charge in [0, 0.05) is 10.9 Å². The Morgan fingerprint density at radius 1 is 0.439 bits per heavy atom. The van der Waals surface area contributed by atoms with Crippen LogP contribution >= 0.6 is 0 Å². The third-order valence-electron chi connectivity index (χ3n) is 8.36. The van der Waals surface area contributed by atoms with Crippen molar-refractivity contribution in [2.24, 2.45) is 0 Å². The molecule has 1 heterocycles. The first-order valence-corrected chi connectivity index (χ1v) is 13.8. The average molecular weight is 525 g/mol. The Morgan fingerprint density at radius 3 is 1.98 bits per heavy atom. The quantitative estimate of drug-likeness (QED) is 0.204. The molecule has 0 amide bonds. The fraction of sp³-hybridized carbons (Fsp3) is 0. The second-order valence-electron chi connectivity index (χ2n) is 10.5. The lowest BCUT2D eigenvalue weighted by molar-refractivity contribution is 0.487. The van der Waals surface area contributed by atoms with Crippen LogP contribution in [0.25, 0.3) is 76.5 Å². The minimum Gasteiger partial charge on any atom is -0.456 e. The standard InChI is InChI=1S/C40H24O/c1-2-11-26-24-27(21-20-25(26)10-1)38-29-13-3-5-15-31(29)39(32-16-6-4-14-30(32)38)35-23-22-34-28-12-7-8-18-36(28)41-37-19-9-17-33(35)40(34)37/h1-24H/i3D,5D,13D,15D. The second-order valence-corrected chi connectivity index (χ2v) is 10.5. The molecule has 0 spiro atoms. The van der Waals surface area contributed by atoms with Crippen molar-refractivity contribution in [3.63, 3.8) is 0 Å². The molecule has 9 rings (SSSR count). The molecular weight excluding hydrogens is 496 g/mol. The van der Waals surface area contributed by atoms with Crippen molar-refractivity contribution in [1.29, 1.82) is 0 Å². The van der Waals surface area contributed by atoms with E-state index in [4.69, 9.17) is 7.48 Å². The molecule has 0 fully saturated rings. The molecule has 0 aliphatic carbocycles. The highest BCUT2D eigenvalue weighted by Crippen LogP contribution is 2.51. The molecule has 0 saturated heterocycles. The lowest BCUT2D eigenvalue weighted by atomic mass is 9.83. The van der Waals surface area contributed by atoms with Crippen LogP contribution in [-0.2, 0) is 0 Å². The third kappa shape index (κ3) is 3.24. The summed E-state index contributed by atoms with van der Waals surface area (Å²) < 4.78 is 42.4. The summed E-state index contributed by atoms with van der Waals surface area (Å²) in [5, 5.41) is 7.04. The van der Waals surface area contributed by atoms with E-state index in [1.165, 1.54) is 0 Å². The molecule has 1 aliphatic rings. The van der Waals surface area contributed by atoms with Gasteiger partial charge in [0.15, 0.2) is 0 Å². The van der Waals surface area contributed by atoms with Gasteiger partial charge in [0.05, 0.1) is 5.48 Å². The van der Waals surface area contributed by atoms with E-state index in [2.05, 4.69) is 66.7 Å². The van der Waals surface area contributed by atoms with Crippen LogP contribution in [0.4, 0.5) is 0 Å². The van der Waals surface area contributed by atoms with Crippen molar-refractivity contribution in [1.82, 2.24) is 0 Å². The summed E-state index contributed by atoms with van der Waals surface area (Å²) in [5.74, 6) is 1.58. The van der Waals surface area contributed by atoms with Crippen molar-refractivity contribution < 1.29 is 10.2 Å². The van der Waals surface area contributed by atoms with Gasteiger partial charge in [0.1, 0.15) is 11.5 Å². The topological polar surface area (TPSA) is 9.23 Å². The highest BCUT2D eigenvalue weighted by molar-refractivity contribution is 6.25. The van der Waals surface area contributed by atoms with Crippen molar-refractivity contribution in [3.05, 3.63) is 145 Å². The monoisotopic (exact) mass is 524 g/mol. The number of para-hydroxylation sites is 1. The molecule has 41 heavy (non-hydrogen) atoms. The average Bonchev–Trinajstić information content (AvgIpc) is 3.09. The fourth-order valence-corrected chi connectivity index (χ4v) is 6.60. The first-order chi connectivity index (χ1) is 22.0. The van der Waals surface area contributed by atoms with Gasteiger partial charge in [-0.15, -0.1) is 0 Å². The molecule has 0 N–H and O–H groups in total. The molecule has 8 aromatic carbocycles. The number of benzene rings is 8. The Morgan fingerprint density at radius 2 is 1.10 bits per heavy atom. The SMILES string of the molecule is [2H]c1c([2H])c([2H])c2c(-c3ccc4c5c(cccc35)Oc3ccccc3-4)c3ccccc3c(-c3ccc4ccccc4c3)c2c1[2H]. The minimum absolute atomic E-state index is 0.0406. The summed E-state index contributed by atoms with van der Waals surface area (Å²) in [7, 11) is 0. The van der Waals surface area contributed by atoms with Crippen LogP contribution < -0.4 is 4.74 Å². The normalized spacial score (nSPS) is 13.5. The van der Waals surface area contributed by atoms with Crippen molar-refractivity contribution in [2.75, 3.05) is 0 Å². The molecule has 0 unspecified atom stereocenters. The summed E-state index contributed by atoms with van der Waals surface area (Å²) in [6.45, 7) is 0. The predicted molar refractivity (Wildman–Crippen MR) is 173 cm³/mol. The van der Waals surface area contributed by atoms with Crippen LogP contribution in [0.15, 0.2) is 145 Å². The minimum atomic E-state index is -0.242. The highest BCUT2D eigenvalue weighted by Gasteiger charge is 2.23. The van der Waals surface area contributed by atoms with Gasteiger partial charge in [-0.2, -0.15) is 0 Å². The molecule has 0 bridgehead atoms. The van der Waals surface area contributed by atoms with Gasteiger partial charge in [-0.25, -0.2) is 0 Å². The first kappa shape index (κ1) is 18.8. The molecule has 0 atom stereocenters. The number of hydrogen-bond donors (Lipinski definition) is 0. The highest BCUT2D eigenvalue weighted by atomic mass is 16.5. The summed E-state index contributed by atoms with van der Waals surface area (Å²) in [4.78, 5) is 0. The summed E-state index contributed by atoms with van der Waals surface area (Å²) >= 11 is 0. The van der Waals surface area contributed by atoms with Crippen LogP contribution in [-0.4, -0.2) is 0 Å². The Balaban J connectivity index is 1.48. The molecule has 1 nitrogen and oxygen atoms in total. The zero-order valence-corrected chi connectivity index (χ0v) is 22.0. The van der Waals surface area contributed by atoms with Gasteiger partial charge >= 0.3 is 0 Å². The van der Waals surface area contributed by atoms with Crippen molar-refractivity contribution in [3.8, 4) is 44.9 Å². The van der Waals surface area contributed by atoms with Gasteiger partial charge in [0.2, 0.25) is 0 Å². The third-order valence-corrected chi connectivity index (χ3v) is 8.36. The molecule has 1 aliphatic heterocycles. The van der Waals surface area contributed by atoms with Crippen molar-refractivity contribution >= 4 is 43.1 Å². The number of hydrogen-bond acceptors (Lipinski definition) is 1. The van der Waals surface area contributed by atoms with Gasteiger partial charge in [0.25, 0.3) is 0 Å². The van der Waals surface area contributed by atoms with Gasteiger partial charge in [-0.05, 0) is 83.7 Å². The zero-order valence-electron chi connectivity index (χ0n) is 26.0. The number of fused-ring (bicyclic) bond motifs is 5. The lowest BCUT2D eigenvalue weighted by Crippen LogP contribution is -1.98. The van der Waals surface area contributed by atoms with Crippen LogP contribution in [0.5, 0.6) is 11.5 Å². The van der Waals surface area contributed by atoms with Crippen LogP contribution in [0.2, 0.25) is 0 Å². The summed E-state index contributed by atoms with van der Waals surface area (Å²) in [5.41, 5.74) is 5.51. The molecule has 0 aromatic heterocycles. The molecule has 8 aromatic rings. The van der Waals surface area contributed by atoms with E-state index in [0.717, 1.165) is 77.2 Å². The Hall–Kier alpha value is -5.40. The van der Waals surface area contributed by atoms with Crippen LogP contribution in [0, 0.1) is 0 Å². The maximum Gasteiger partial charge on any atom is 0.135 e. The Bertz CT molecular complexity index is 2570. The van der Waals surface area contributed by atoms with Gasteiger partial charge in [-0.3, -0.25) is 0 Å². The van der Waals surface area contributed by atoms with E-state index in [1.54, 1.807) is 0 Å². The van der Waals surface area contributed by atoms with E-state index in [0.29, 0.717) is 10.8 Å². The number of rotatable bonds is 2. The van der Waals surface area contributed by atoms with E-state index < -0.39 is 0 Å². The van der Waals surface area contributed by atoms with Crippen LogP contribution in [0.1, 0.15) is 5.48 Å². The van der Waals surface area contributed by atoms with Crippen LogP contribution in [0.3, 0.4) is 0 Å². The maximum absolute atomic E-state index is 9.30. The first-order valence-electron chi connectivity index (χ1n) is 15.8. The fourth-order valence-electron chi connectivity index (χ4n) is 6.60. The molecule has 1 heteroatoms. The Labute approximate surface area is 243 Å². The smallest absolute Gasteiger partial charge is 0.135 e. The van der Waals surface area contributed by atoms with Gasteiger partial charge in [-0.1, -0.05) is 127 Å². The summed E-state index contributed by atoms with van der Waals surface area (Å²) in [6.07, 6.45) is 0. The lowest BCUT2D eigenvalue weighted by Gasteiger charge is -2.24. The van der Waals surface area contributed by atoms with Crippen molar-refractivity contribution in [2.45, 2.75) is 0 Å². The van der Waals surface area contributed by atoms with E-state index in [9.17, 15) is 2.74 Å².